The van der Waals surface area contributed by atoms with E-state index >= 15 is 0 Å². The van der Waals surface area contributed by atoms with E-state index in [1.165, 1.54) is 0 Å². The number of nitrogens with zero attached hydrogens (tertiary/aromatic N) is 3. The predicted molar refractivity (Wildman–Crippen MR) is 31.7 cm³/mol. The SMILES string of the molecule is [N-]=[N+]=N[C@H]1COC[C@H]1N. The number of azide groups is 1. The van der Waals surface area contributed by atoms with Crippen LogP contribution in [0.15, 0.2) is 5.11 Å². The summed E-state index contributed by atoms with van der Waals surface area (Å²) < 4.78 is 4.93. The van der Waals surface area contributed by atoms with Crippen molar-refractivity contribution in [2.24, 2.45) is 10.8 Å². The maximum atomic E-state index is 7.99. The summed E-state index contributed by atoms with van der Waals surface area (Å²) in [5, 5.41) is 3.44. The maximum absolute atomic E-state index is 7.99. The number of hydrogen-bond acceptors (Lipinski definition) is 3. The molecule has 0 unspecified atom stereocenters. The highest BCUT2D eigenvalue weighted by atomic mass is 16.5. The van der Waals surface area contributed by atoms with Crippen molar-refractivity contribution < 1.29 is 4.74 Å². The fraction of sp³-hybridized carbons (Fsp3) is 1.00. The minimum absolute atomic E-state index is 0.110. The Kier molecular flexibility index (Phi) is 1.89. The van der Waals surface area contributed by atoms with Crippen molar-refractivity contribution in [1.29, 1.82) is 0 Å². The zero-order valence-electron chi connectivity index (χ0n) is 4.90. The van der Waals surface area contributed by atoms with Gasteiger partial charge in [-0.25, -0.2) is 0 Å². The molecule has 1 rings (SSSR count). The first-order valence-electron chi connectivity index (χ1n) is 2.72. The van der Waals surface area contributed by atoms with Crippen molar-refractivity contribution in [3.63, 3.8) is 0 Å². The zero-order valence-corrected chi connectivity index (χ0v) is 4.90. The molecule has 0 aliphatic carbocycles. The van der Waals surface area contributed by atoms with Gasteiger partial charge in [-0.2, -0.15) is 0 Å². The van der Waals surface area contributed by atoms with Crippen LogP contribution in [0.4, 0.5) is 0 Å². The Labute approximate surface area is 52.4 Å². The molecule has 9 heavy (non-hydrogen) atoms. The van der Waals surface area contributed by atoms with Gasteiger partial charge in [-0.1, -0.05) is 5.11 Å². The third-order valence-electron chi connectivity index (χ3n) is 1.29. The lowest BCUT2D eigenvalue weighted by Crippen LogP contribution is -2.30. The van der Waals surface area contributed by atoms with Crippen LogP contribution in [-0.2, 0) is 4.74 Å². The molecule has 0 spiro atoms. The van der Waals surface area contributed by atoms with Gasteiger partial charge in [0.1, 0.15) is 0 Å². The van der Waals surface area contributed by atoms with Crippen LogP contribution in [0, 0.1) is 0 Å². The van der Waals surface area contributed by atoms with E-state index in [1.807, 2.05) is 0 Å². The van der Waals surface area contributed by atoms with Crippen LogP contribution in [0.25, 0.3) is 10.4 Å². The second-order valence-electron chi connectivity index (χ2n) is 1.97. The summed E-state index contributed by atoms with van der Waals surface area (Å²) in [6, 6.07) is -0.268. The Bertz CT molecular complexity index is 142. The van der Waals surface area contributed by atoms with Crippen LogP contribution in [0.1, 0.15) is 0 Å². The molecule has 50 valence electrons. The zero-order chi connectivity index (χ0) is 6.69. The summed E-state index contributed by atoms with van der Waals surface area (Å²) in [6.45, 7) is 0.967. The normalized spacial score (nSPS) is 33.9. The van der Waals surface area contributed by atoms with Crippen LogP contribution in [0.2, 0.25) is 0 Å². The second kappa shape index (κ2) is 2.68. The van der Waals surface area contributed by atoms with E-state index in [0.717, 1.165) is 0 Å². The fourth-order valence-corrected chi connectivity index (χ4v) is 0.745. The van der Waals surface area contributed by atoms with Gasteiger partial charge in [0.05, 0.1) is 19.3 Å². The molecule has 1 aliphatic rings. The van der Waals surface area contributed by atoms with Gasteiger partial charge in [-0.05, 0) is 5.53 Å². The lowest BCUT2D eigenvalue weighted by atomic mass is 10.2. The van der Waals surface area contributed by atoms with Crippen LogP contribution >= 0.6 is 0 Å². The van der Waals surface area contributed by atoms with Crippen LogP contribution in [0.3, 0.4) is 0 Å². The largest absolute Gasteiger partial charge is 0.379 e. The summed E-state index contributed by atoms with van der Waals surface area (Å²) in [6.07, 6.45) is 0. The third kappa shape index (κ3) is 1.32. The molecular formula is C4H8N4O. The quantitative estimate of drug-likeness (QED) is 0.307. The van der Waals surface area contributed by atoms with E-state index in [9.17, 15) is 0 Å². The first kappa shape index (κ1) is 6.35. The summed E-state index contributed by atoms with van der Waals surface area (Å²) in [7, 11) is 0. The van der Waals surface area contributed by atoms with Gasteiger partial charge in [0, 0.05) is 11.0 Å². The van der Waals surface area contributed by atoms with Crippen molar-refractivity contribution in [3.8, 4) is 0 Å². The van der Waals surface area contributed by atoms with Crippen molar-refractivity contribution in [1.82, 2.24) is 0 Å². The predicted octanol–water partition coefficient (Wildman–Crippen LogP) is 0.0228. The van der Waals surface area contributed by atoms with E-state index in [2.05, 4.69) is 10.0 Å². The van der Waals surface area contributed by atoms with Crippen molar-refractivity contribution in [2.75, 3.05) is 13.2 Å². The third-order valence-corrected chi connectivity index (χ3v) is 1.29. The molecule has 1 heterocycles. The smallest absolute Gasteiger partial charge is 0.0781 e. The average Bonchev–Trinajstić information content (AvgIpc) is 2.18. The lowest BCUT2D eigenvalue weighted by molar-refractivity contribution is 0.191. The molecule has 5 heteroatoms. The van der Waals surface area contributed by atoms with E-state index in [-0.39, 0.29) is 12.1 Å². The lowest BCUT2D eigenvalue weighted by Gasteiger charge is -2.02. The van der Waals surface area contributed by atoms with Gasteiger partial charge >= 0.3 is 0 Å². The molecule has 0 aromatic carbocycles. The molecule has 1 aliphatic heterocycles. The molecular weight excluding hydrogens is 120 g/mol. The van der Waals surface area contributed by atoms with Gasteiger partial charge in [0.2, 0.25) is 0 Å². The Morgan fingerprint density at radius 1 is 1.67 bits per heavy atom. The summed E-state index contributed by atoms with van der Waals surface area (Å²) in [5.41, 5.74) is 13.5. The van der Waals surface area contributed by atoms with E-state index in [0.29, 0.717) is 13.2 Å². The highest BCUT2D eigenvalue weighted by Crippen LogP contribution is 2.06. The Hall–Kier alpha value is -0.770. The monoisotopic (exact) mass is 128 g/mol. The molecule has 2 N–H and O–H groups in total. The van der Waals surface area contributed by atoms with Crippen LogP contribution < -0.4 is 5.73 Å². The average molecular weight is 128 g/mol. The number of hydrogen-bond donors (Lipinski definition) is 1. The van der Waals surface area contributed by atoms with Gasteiger partial charge in [-0.3, -0.25) is 0 Å². The molecule has 0 saturated carbocycles. The minimum atomic E-state index is -0.157. The van der Waals surface area contributed by atoms with E-state index in [4.69, 9.17) is 16.0 Å². The molecule has 1 fully saturated rings. The molecule has 0 radical (unpaired) electrons. The first-order chi connectivity index (χ1) is 4.34. The highest BCUT2D eigenvalue weighted by Gasteiger charge is 2.22. The minimum Gasteiger partial charge on any atom is -0.379 e. The van der Waals surface area contributed by atoms with E-state index in [1.54, 1.807) is 0 Å². The summed E-state index contributed by atoms with van der Waals surface area (Å²) in [5.74, 6) is 0. The summed E-state index contributed by atoms with van der Waals surface area (Å²) in [4.78, 5) is 2.63. The molecule has 0 aromatic heterocycles. The first-order valence-corrected chi connectivity index (χ1v) is 2.72. The second-order valence-corrected chi connectivity index (χ2v) is 1.97. The molecule has 5 nitrogen and oxygen atoms in total. The van der Waals surface area contributed by atoms with Crippen molar-refractivity contribution >= 4 is 0 Å². The molecule has 2 atom stereocenters. The molecule has 0 amide bonds. The Morgan fingerprint density at radius 2 is 2.44 bits per heavy atom. The van der Waals surface area contributed by atoms with Crippen molar-refractivity contribution in [2.45, 2.75) is 12.1 Å². The van der Waals surface area contributed by atoms with Crippen LogP contribution in [0.5, 0.6) is 0 Å². The molecule has 0 bridgehead atoms. The van der Waals surface area contributed by atoms with Crippen molar-refractivity contribution in [3.05, 3.63) is 10.4 Å². The van der Waals surface area contributed by atoms with Crippen LogP contribution in [-0.4, -0.2) is 25.3 Å². The van der Waals surface area contributed by atoms with Gasteiger partial charge in [-0.15, -0.1) is 0 Å². The van der Waals surface area contributed by atoms with Gasteiger partial charge in [0.25, 0.3) is 0 Å². The van der Waals surface area contributed by atoms with E-state index < -0.39 is 0 Å². The van der Waals surface area contributed by atoms with Gasteiger partial charge < -0.3 is 10.5 Å². The molecule has 1 saturated heterocycles. The standard InChI is InChI=1S/C4H8N4O/c5-3-1-9-2-4(3)7-8-6/h3-4H,1-2,5H2/t3-,4+/m1/s1. The number of ether oxygens (including phenoxy) is 1. The maximum Gasteiger partial charge on any atom is 0.0781 e. The number of nitrogens with two attached hydrogens (primary N) is 1. The Morgan fingerprint density at radius 3 is 2.89 bits per heavy atom. The van der Waals surface area contributed by atoms with Gasteiger partial charge in [0.15, 0.2) is 0 Å². The fourth-order valence-electron chi connectivity index (χ4n) is 0.745. The number of rotatable bonds is 1. The highest BCUT2D eigenvalue weighted by molar-refractivity contribution is 4.83. The topological polar surface area (TPSA) is 84.0 Å². The Balaban J connectivity index is 2.49. The summed E-state index contributed by atoms with van der Waals surface area (Å²) >= 11 is 0. The molecule has 0 aromatic rings.